The van der Waals surface area contributed by atoms with E-state index in [4.69, 9.17) is 5.11 Å². The molecule has 7 nitrogen and oxygen atoms in total. The number of aromatic carboxylic acids is 1. The summed E-state index contributed by atoms with van der Waals surface area (Å²) in [5, 5.41) is 13.5. The Kier molecular flexibility index (Phi) is 6.60. The highest BCUT2D eigenvalue weighted by molar-refractivity contribution is 7.92. The van der Waals surface area contributed by atoms with Crippen LogP contribution in [0.4, 0.5) is 5.69 Å². The monoisotopic (exact) mass is 474 g/mol. The first-order valence-corrected chi connectivity index (χ1v) is 12.0. The van der Waals surface area contributed by atoms with Gasteiger partial charge in [-0.2, -0.15) is 0 Å². The Balaban J connectivity index is 1.40. The summed E-state index contributed by atoms with van der Waals surface area (Å²) in [6.07, 6.45) is 0.528. The van der Waals surface area contributed by atoms with Gasteiger partial charge in [-0.15, -0.1) is 0 Å². The molecule has 0 radical (unpaired) electrons. The number of anilines is 1. The standard InChI is InChI=1S/C26H22N2O5S/c29-25(27-15-14-18-8-10-20(11-9-18)26(30)31)22-6-3-7-23(16-22)28-34(32,33)24-13-12-19-4-1-2-5-21(19)17-24/h1-13,16-17,28H,14-15H2,(H,27,29)(H,30,31). The lowest BCUT2D eigenvalue weighted by atomic mass is 10.1. The van der Waals surface area contributed by atoms with E-state index < -0.39 is 16.0 Å². The predicted molar refractivity (Wildman–Crippen MR) is 131 cm³/mol. The van der Waals surface area contributed by atoms with Crippen molar-refractivity contribution in [3.8, 4) is 0 Å². The SMILES string of the molecule is O=C(O)c1ccc(CCNC(=O)c2cccc(NS(=O)(=O)c3ccc4ccccc4c3)c2)cc1. The lowest BCUT2D eigenvalue weighted by Crippen LogP contribution is -2.25. The number of fused-ring (bicyclic) bond motifs is 1. The topological polar surface area (TPSA) is 113 Å². The van der Waals surface area contributed by atoms with Gasteiger partial charge in [0.2, 0.25) is 0 Å². The number of benzene rings is 4. The molecule has 0 saturated carbocycles. The van der Waals surface area contributed by atoms with Crippen LogP contribution in [0.2, 0.25) is 0 Å². The summed E-state index contributed by atoms with van der Waals surface area (Å²) in [7, 11) is -3.83. The van der Waals surface area contributed by atoms with Crippen molar-refractivity contribution < 1.29 is 23.1 Å². The Labute approximate surface area is 197 Å². The van der Waals surface area contributed by atoms with Crippen LogP contribution in [0, 0.1) is 0 Å². The molecule has 34 heavy (non-hydrogen) atoms. The molecule has 3 N–H and O–H groups in total. The highest BCUT2D eigenvalue weighted by Gasteiger charge is 2.16. The van der Waals surface area contributed by atoms with Crippen molar-refractivity contribution in [2.45, 2.75) is 11.3 Å². The molecular weight excluding hydrogens is 452 g/mol. The molecule has 0 bridgehead atoms. The third-order valence-corrected chi connectivity index (χ3v) is 6.69. The van der Waals surface area contributed by atoms with Crippen LogP contribution < -0.4 is 10.0 Å². The van der Waals surface area contributed by atoms with Crippen molar-refractivity contribution in [1.29, 1.82) is 0 Å². The fourth-order valence-corrected chi connectivity index (χ4v) is 4.59. The van der Waals surface area contributed by atoms with Gasteiger partial charge in [0.1, 0.15) is 0 Å². The van der Waals surface area contributed by atoms with Gasteiger partial charge in [0, 0.05) is 17.8 Å². The number of sulfonamides is 1. The molecule has 0 aliphatic heterocycles. The van der Waals surface area contributed by atoms with Crippen LogP contribution in [-0.2, 0) is 16.4 Å². The van der Waals surface area contributed by atoms with Crippen molar-refractivity contribution in [2.75, 3.05) is 11.3 Å². The number of nitrogens with one attached hydrogen (secondary N) is 2. The molecule has 0 spiro atoms. The van der Waals surface area contributed by atoms with Gasteiger partial charge in [0.25, 0.3) is 15.9 Å². The van der Waals surface area contributed by atoms with Crippen molar-refractivity contribution in [3.05, 3.63) is 108 Å². The highest BCUT2D eigenvalue weighted by atomic mass is 32.2. The maximum atomic E-state index is 12.9. The molecule has 0 saturated heterocycles. The molecule has 4 aromatic rings. The summed E-state index contributed by atoms with van der Waals surface area (Å²) in [5.41, 5.74) is 1.70. The summed E-state index contributed by atoms with van der Waals surface area (Å²) in [6.45, 7) is 0.346. The largest absolute Gasteiger partial charge is 0.478 e. The van der Waals surface area contributed by atoms with Crippen molar-refractivity contribution >= 4 is 38.4 Å². The van der Waals surface area contributed by atoms with Gasteiger partial charge in [-0.25, -0.2) is 13.2 Å². The molecule has 0 aromatic heterocycles. The van der Waals surface area contributed by atoms with Gasteiger partial charge in [-0.1, -0.05) is 48.5 Å². The number of rotatable bonds is 8. The number of carbonyl (C=O) groups is 2. The van der Waals surface area contributed by atoms with E-state index in [1.54, 1.807) is 48.5 Å². The average Bonchev–Trinajstić information content (AvgIpc) is 2.84. The minimum Gasteiger partial charge on any atom is -0.478 e. The third-order valence-electron chi connectivity index (χ3n) is 5.31. The average molecular weight is 475 g/mol. The summed E-state index contributed by atoms with van der Waals surface area (Å²) in [6, 6.07) is 25.1. The van der Waals surface area contributed by atoms with E-state index in [2.05, 4.69) is 10.0 Å². The van der Waals surface area contributed by atoms with Crippen LogP contribution in [-0.4, -0.2) is 31.9 Å². The molecule has 8 heteroatoms. The quantitative estimate of drug-likeness (QED) is 0.352. The normalized spacial score (nSPS) is 11.2. The minimum atomic E-state index is -3.83. The van der Waals surface area contributed by atoms with E-state index in [0.717, 1.165) is 16.3 Å². The molecular formula is C26H22N2O5S. The molecule has 0 unspecified atom stereocenters. The minimum absolute atomic E-state index is 0.134. The first-order chi connectivity index (χ1) is 16.3. The maximum absolute atomic E-state index is 12.9. The smallest absolute Gasteiger partial charge is 0.335 e. The van der Waals surface area contributed by atoms with Crippen LogP contribution in [0.3, 0.4) is 0 Å². The van der Waals surface area contributed by atoms with E-state index in [9.17, 15) is 18.0 Å². The Hall–Kier alpha value is -4.17. The molecule has 1 amide bonds. The lowest BCUT2D eigenvalue weighted by molar-refractivity contribution is 0.0696. The van der Waals surface area contributed by atoms with Crippen LogP contribution in [0.15, 0.2) is 95.9 Å². The number of carboxylic acids is 1. The Bertz CT molecular complexity index is 1460. The van der Waals surface area contributed by atoms with Gasteiger partial charge < -0.3 is 10.4 Å². The molecule has 0 fully saturated rings. The molecule has 4 rings (SSSR count). The molecule has 0 aliphatic carbocycles. The van der Waals surface area contributed by atoms with Gasteiger partial charge in [-0.3, -0.25) is 9.52 Å². The van der Waals surface area contributed by atoms with Crippen LogP contribution in [0.1, 0.15) is 26.3 Å². The number of hydrogen-bond donors (Lipinski definition) is 3. The van der Waals surface area contributed by atoms with E-state index in [-0.39, 0.29) is 22.1 Å². The highest BCUT2D eigenvalue weighted by Crippen LogP contribution is 2.22. The summed E-state index contributed by atoms with van der Waals surface area (Å²) < 4.78 is 28.3. The fraction of sp³-hybridized carbons (Fsp3) is 0.0769. The third kappa shape index (κ3) is 5.41. The maximum Gasteiger partial charge on any atom is 0.335 e. The van der Waals surface area contributed by atoms with E-state index in [1.165, 1.54) is 18.2 Å². The van der Waals surface area contributed by atoms with Crippen molar-refractivity contribution in [2.24, 2.45) is 0 Å². The second kappa shape index (κ2) is 9.76. The molecule has 172 valence electrons. The first kappa shape index (κ1) is 23.0. The Morgan fingerprint density at radius 3 is 2.24 bits per heavy atom. The summed E-state index contributed by atoms with van der Waals surface area (Å²) in [4.78, 5) is 23.6. The molecule has 0 aliphatic rings. The molecule has 0 atom stereocenters. The van der Waals surface area contributed by atoms with Crippen LogP contribution >= 0.6 is 0 Å². The van der Waals surface area contributed by atoms with E-state index in [0.29, 0.717) is 18.5 Å². The second-order valence-corrected chi connectivity index (χ2v) is 9.39. The zero-order chi connectivity index (χ0) is 24.1. The number of hydrogen-bond acceptors (Lipinski definition) is 4. The Morgan fingerprint density at radius 1 is 0.765 bits per heavy atom. The number of amides is 1. The van der Waals surface area contributed by atoms with Crippen molar-refractivity contribution in [3.63, 3.8) is 0 Å². The van der Waals surface area contributed by atoms with E-state index >= 15 is 0 Å². The van der Waals surface area contributed by atoms with Crippen LogP contribution in [0.5, 0.6) is 0 Å². The number of carboxylic acid groups (broad SMARTS) is 1. The fourth-order valence-electron chi connectivity index (χ4n) is 3.51. The number of carbonyl (C=O) groups excluding carboxylic acids is 1. The van der Waals surface area contributed by atoms with Crippen LogP contribution in [0.25, 0.3) is 10.8 Å². The zero-order valence-electron chi connectivity index (χ0n) is 18.1. The van der Waals surface area contributed by atoms with Crippen molar-refractivity contribution in [1.82, 2.24) is 5.32 Å². The summed E-state index contributed by atoms with van der Waals surface area (Å²) in [5.74, 6) is -1.33. The molecule has 0 heterocycles. The van der Waals surface area contributed by atoms with E-state index in [1.807, 2.05) is 24.3 Å². The predicted octanol–water partition coefficient (Wildman–Crippen LogP) is 4.31. The first-order valence-electron chi connectivity index (χ1n) is 10.5. The Morgan fingerprint density at radius 2 is 1.50 bits per heavy atom. The summed E-state index contributed by atoms with van der Waals surface area (Å²) >= 11 is 0. The van der Waals surface area contributed by atoms with Gasteiger partial charge in [0.15, 0.2) is 0 Å². The van der Waals surface area contributed by atoms with Gasteiger partial charge >= 0.3 is 5.97 Å². The van der Waals surface area contributed by atoms with Gasteiger partial charge in [-0.05, 0) is 65.2 Å². The zero-order valence-corrected chi connectivity index (χ0v) is 18.9. The van der Waals surface area contributed by atoms with Gasteiger partial charge in [0.05, 0.1) is 10.5 Å². The lowest BCUT2D eigenvalue weighted by Gasteiger charge is -2.11. The second-order valence-electron chi connectivity index (χ2n) is 7.70. The molecule has 4 aromatic carbocycles.